The van der Waals surface area contributed by atoms with Crippen molar-refractivity contribution in [1.82, 2.24) is 10.6 Å². The van der Waals surface area contributed by atoms with Gasteiger partial charge >= 0.3 is 5.97 Å². The molecule has 3 aliphatic rings. The van der Waals surface area contributed by atoms with Gasteiger partial charge in [-0.15, -0.1) is 0 Å². The predicted octanol–water partition coefficient (Wildman–Crippen LogP) is 4.31. The van der Waals surface area contributed by atoms with Crippen molar-refractivity contribution in [3.63, 3.8) is 0 Å². The number of fused-ring (bicyclic) bond motifs is 3. The molecule has 2 amide bonds. The molecular formula is C29H33Cl2F2N3O6. The highest BCUT2D eigenvalue weighted by Gasteiger charge is 2.57. The number of benzene rings is 2. The standard InChI is InChI=1S/C29H33Cl2F2N3O6/c1-16(2)26(34)27(39)42-23-13-28(35-24(37)14-40-17-3-5-19(30)21(32)11-17)7-9-29(23,10-8-28)36-25(38)15-41-18-4-6-20(31)22(33)12-18/h3-6,11-12,16,23,26H,7-10,13-15,34H2,1-2H3,(H,35,37)(H,36,38)/t23-,26+,28?,29?/m1/s1. The molecule has 13 heteroatoms. The Bertz CT molecular complexity index is 1340. The molecule has 0 saturated heterocycles. The molecule has 2 aromatic rings. The predicted molar refractivity (Wildman–Crippen MR) is 151 cm³/mol. The summed E-state index contributed by atoms with van der Waals surface area (Å²) >= 11 is 11.4. The third-order valence-electron chi connectivity index (χ3n) is 7.86. The molecule has 0 unspecified atom stereocenters. The molecule has 0 radical (unpaired) electrons. The van der Waals surface area contributed by atoms with E-state index in [0.717, 1.165) is 12.1 Å². The Kier molecular flexibility index (Phi) is 9.84. The summed E-state index contributed by atoms with van der Waals surface area (Å²) in [4.78, 5) is 38.7. The van der Waals surface area contributed by atoms with Gasteiger partial charge in [-0.1, -0.05) is 37.0 Å². The van der Waals surface area contributed by atoms with E-state index in [2.05, 4.69) is 10.6 Å². The molecule has 0 aliphatic heterocycles. The van der Waals surface area contributed by atoms with Crippen LogP contribution in [-0.2, 0) is 19.1 Å². The highest BCUT2D eigenvalue weighted by molar-refractivity contribution is 6.31. The van der Waals surface area contributed by atoms with E-state index in [9.17, 15) is 23.2 Å². The Labute approximate surface area is 252 Å². The van der Waals surface area contributed by atoms with Crippen LogP contribution in [0.2, 0.25) is 10.0 Å². The number of carbonyl (C=O) groups is 3. The van der Waals surface area contributed by atoms with Gasteiger partial charge in [0.05, 0.1) is 15.6 Å². The van der Waals surface area contributed by atoms with Gasteiger partial charge in [-0.3, -0.25) is 14.4 Å². The molecule has 2 bridgehead atoms. The molecule has 3 saturated carbocycles. The number of nitrogens with one attached hydrogen (secondary N) is 2. The first-order valence-electron chi connectivity index (χ1n) is 13.6. The Balaban J connectivity index is 1.43. The second-order valence-electron chi connectivity index (χ2n) is 11.2. The topological polar surface area (TPSA) is 129 Å². The van der Waals surface area contributed by atoms with Gasteiger partial charge in [-0.25, -0.2) is 8.78 Å². The first-order chi connectivity index (χ1) is 19.8. The van der Waals surface area contributed by atoms with Gasteiger partial charge in [-0.05, 0) is 55.9 Å². The second-order valence-corrected chi connectivity index (χ2v) is 12.0. The monoisotopic (exact) mass is 627 g/mol. The SMILES string of the molecule is CC(C)[C@H](N)C(=O)O[C@@H]1CC2(NC(=O)COc3ccc(Cl)c(F)c3)CCC1(NC(=O)COc1ccc(Cl)c(F)c1)CC2. The summed E-state index contributed by atoms with van der Waals surface area (Å²) in [7, 11) is 0. The van der Waals surface area contributed by atoms with Gasteiger partial charge < -0.3 is 30.6 Å². The molecule has 9 nitrogen and oxygen atoms in total. The zero-order valence-corrected chi connectivity index (χ0v) is 24.7. The van der Waals surface area contributed by atoms with Crippen molar-refractivity contribution in [1.29, 1.82) is 0 Å². The average molecular weight is 629 g/mol. The zero-order chi connectivity index (χ0) is 30.7. The number of halogens is 4. The molecule has 0 aromatic heterocycles. The summed E-state index contributed by atoms with van der Waals surface area (Å²) in [6, 6.07) is 6.85. The van der Waals surface area contributed by atoms with E-state index in [4.69, 9.17) is 43.1 Å². The lowest BCUT2D eigenvalue weighted by molar-refractivity contribution is -0.169. The first kappa shape index (κ1) is 31.8. The molecule has 228 valence electrons. The fourth-order valence-electron chi connectivity index (χ4n) is 5.35. The minimum absolute atomic E-state index is 0.0612. The number of rotatable bonds is 11. The van der Waals surface area contributed by atoms with E-state index in [-0.39, 0.29) is 40.5 Å². The Morgan fingerprint density at radius 1 is 0.905 bits per heavy atom. The van der Waals surface area contributed by atoms with E-state index in [1.807, 2.05) is 0 Å². The summed E-state index contributed by atoms with van der Waals surface area (Å²) in [5, 5.41) is 5.86. The van der Waals surface area contributed by atoms with Crippen LogP contribution in [0.1, 0.15) is 46.0 Å². The fraction of sp³-hybridized carbons (Fsp3) is 0.483. The van der Waals surface area contributed by atoms with E-state index >= 15 is 0 Å². The number of nitrogens with two attached hydrogens (primary N) is 1. The lowest BCUT2D eigenvalue weighted by Gasteiger charge is -2.57. The van der Waals surface area contributed by atoms with Crippen LogP contribution in [0.3, 0.4) is 0 Å². The van der Waals surface area contributed by atoms with Crippen molar-refractivity contribution in [2.75, 3.05) is 13.2 Å². The lowest BCUT2D eigenvalue weighted by atomic mass is 9.59. The van der Waals surface area contributed by atoms with E-state index in [1.165, 1.54) is 24.3 Å². The quantitative estimate of drug-likeness (QED) is 0.317. The third-order valence-corrected chi connectivity index (χ3v) is 8.47. The number of ether oxygens (including phenoxy) is 3. The van der Waals surface area contributed by atoms with Crippen molar-refractivity contribution in [3.8, 4) is 11.5 Å². The van der Waals surface area contributed by atoms with Crippen molar-refractivity contribution in [2.24, 2.45) is 11.7 Å². The summed E-state index contributed by atoms with van der Waals surface area (Å²) in [6.45, 7) is 2.82. The average Bonchev–Trinajstić information content (AvgIpc) is 2.94. The van der Waals surface area contributed by atoms with Crippen molar-refractivity contribution in [2.45, 2.75) is 69.2 Å². The van der Waals surface area contributed by atoms with E-state index in [0.29, 0.717) is 25.7 Å². The minimum atomic E-state index is -0.915. The number of hydrogen-bond acceptors (Lipinski definition) is 7. The molecule has 4 N–H and O–H groups in total. The van der Waals surface area contributed by atoms with Crippen LogP contribution in [0, 0.1) is 17.6 Å². The van der Waals surface area contributed by atoms with Crippen LogP contribution < -0.4 is 25.8 Å². The van der Waals surface area contributed by atoms with Gasteiger partial charge in [0.15, 0.2) is 13.2 Å². The maximum atomic E-state index is 13.8. The number of hydrogen-bond donors (Lipinski definition) is 3. The van der Waals surface area contributed by atoms with Crippen molar-refractivity contribution < 1.29 is 37.4 Å². The number of amides is 2. The van der Waals surface area contributed by atoms with Gasteiger partial charge in [-0.2, -0.15) is 0 Å². The molecule has 42 heavy (non-hydrogen) atoms. The van der Waals surface area contributed by atoms with Gasteiger partial charge in [0.25, 0.3) is 11.8 Å². The second kappa shape index (κ2) is 13.0. The number of carbonyl (C=O) groups excluding carboxylic acids is 3. The van der Waals surface area contributed by atoms with Crippen molar-refractivity contribution >= 4 is 41.0 Å². The summed E-state index contributed by atoms with van der Waals surface area (Å²) in [5.74, 6) is -2.77. The lowest BCUT2D eigenvalue weighted by Crippen LogP contribution is -2.71. The molecule has 0 spiro atoms. The van der Waals surface area contributed by atoms with Crippen LogP contribution in [0.25, 0.3) is 0 Å². The summed E-state index contributed by atoms with van der Waals surface area (Å²) in [6.07, 6.45) is 1.21. The molecule has 3 fully saturated rings. The van der Waals surface area contributed by atoms with Gasteiger partial charge in [0.1, 0.15) is 35.3 Å². The maximum absolute atomic E-state index is 13.8. The summed E-state index contributed by atoms with van der Waals surface area (Å²) in [5.41, 5.74) is 4.41. The van der Waals surface area contributed by atoms with Crippen LogP contribution in [0.4, 0.5) is 8.78 Å². The van der Waals surface area contributed by atoms with Crippen LogP contribution in [0.15, 0.2) is 36.4 Å². The van der Waals surface area contributed by atoms with Crippen LogP contribution >= 0.6 is 23.2 Å². The van der Waals surface area contributed by atoms with Crippen LogP contribution in [-0.4, -0.2) is 54.2 Å². The fourth-order valence-corrected chi connectivity index (χ4v) is 5.59. The molecule has 5 rings (SSSR count). The minimum Gasteiger partial charge on any atom is -0.484 e. The number of esters is 1. The highest BCUT2D eigenvalue weighted by Crippen LogP contribution is 2.48. The molecule has 3 aliphatic carbocycles. The van der Waals surface area contributed by atoms with Gasteiger partial charge in [0.2, 0.25) is 0 Å². The smallest absolute Gasteiger partial charge is 0.323 e. The molecule has 2 aromatic carbocycles. The normalized spacial score (nSPS) is 23.7. The molecular weight excluding hydrogens is 595 g/mol. The highest BCUT2D eigenvalue weighted by atomic mass is 35.5. The molecule has 2 atom stereocenters. The van der Waals surface area contributed by atoms with Gasteiger partial charge in [0, 0.05) is 24.1 Å². The van der Waals surface area contributed by atoms with E-state index < -0.39 is 59.2 Å². The zero-order valence-electron chi connectivity index (χ0n) is 23.2. The largest absolute Gasteiger partial charge is 0.484 e. The Morgan fingerprint density at radius 2 is 1.40 bits per heavy atom. The maximum Gasteiger partial charge on any atom is 0.323 e. The Morgan fingerprint density at radius 3 is 1.88 bits per heavy atom. The van der Waals surface area contributed by atoms with Crippen molar-refractivity contribution in [3.05, 3.63) is 58.1 Å². The third kappa shape index (κ3) is 7.43. The summed E-state index contributed by atoms with van der Waals surface area (Å²) < 4.78 is 44.2. The molecule has 0 heterocycles. The Hall–Kier alpha value is -3.15. The first-order valence-corrected chi connectivity index (χ1v) is 14.3. The van der Waals surface area contributed by atoms with Crippen LogP contribution in [0.5, 0.6) is 11.5 Å². The van der Waals surface area contributed by atoms with E-state index in [1.54, 1.807) is 13.8 Å².